The number of benzene rings is 3. The van der Waals surface area contributed by atoms with E-state index in [9.17, 15) is 18.0 Å². The molecule has 0 spiro atoms. The molecule has 3 aromatic carbocycles. The maximum absolute atomic E-state index is 12.6. The smallest absolute Gasteiger partial charge is 0.231 e. The lowest BCUT2D eigenvalue weighted by molar-refractivity contribution is -0.119. The Hall–Kier alpha value is -3.89. The van der Waals surface area contributed by atoms with Crippen molar-refractivity contribution in [2.24, 2.45) is 0 Å². The van der Waals surface area contributed by atoms with Crippen LogP contribution in [-0.4, -0.2) is 75.2 Å². The fourth-order valence-electron chi connectivity index (χ4n) is 6.20. The predicted molar refractivity (Wildman–Crippen MR) is 171 cm³/mol. The Bertz CT molecular complexity index is 1520. The molecule has 0 unspecified atom stereocenters. The van der Waals surface area contributed by atoms with Crippen LogP contribution in [0.25, 0.3) is 0 Å². The Morgan fingerprint density at radius 3 is 2.40 bits per heavy atom. The highest BCUT2D eigenvalue weighted by Crippen LogP contribution is 2.34. The molecule has 43 heavy (non-hydrogen) atoms. The number of anilines is 3. The summed E-state index contributed by atoms with van der Waals surface area (Å²) < 4.78 is 25.9. The lowest BCUT2D eigenvalue weighted by Gasteiger charge is -2.49. The van der Waals surface area contributed by atoms with Gasteiger partial charge in [0, 0.05) is 48.8 Å². The lowest BCUT2D eigenvalue weighted by atomic mass is 9.87. The fourth-order valence-corrected chi connectivity index (χ4v) is 6.75. The van der Waals surface area contributed by atoms with Crippen LogP contribution in [0.5, 0.6) is 0 Å². The van der Waals surface area contributed by atoms with Crippen molar-refractivity contribution < 1.29 is 18.0 Å². The predicted octanol–water partition coefficient (Wildman–Crippen LogP) is 4.31. The molecule has 0 bridgehead atoms. The van der Waals surface area contributed by atoms with Gasteiger partial charge in [-0.2, -0.15) is 0 Å². The van der Waals surface area contributed by atoms with E-state index in [-0.39, 0.29) is 11.4 Å². The highest BCUT2D eigenvalue weighted by atomic mass is 32.2. The number of fused-ring (bicyclic) bond motifs is 1. The molecule has 2 aliphatic rings. The van der Waals surface area contributed by atoms with E-state index in [0.717, 1.165) is 80.6 Å². The van der Waals surface area contributed by atoms with Crippen molar-refractivity contribution in [2.45, 2.75) is 44.7 Å². The molecule has 5 rings (SSSR count). The summed E-state index contributed by atoms with van der Waals surface area (Å²) in [6.07, 6.45) is 5.28. The molecule has 0 atom stereocenters. The zero-order valence-electron chi connectivity index (χ0n) is 25.0. The summed E-state index contributed by atoms with van der Waals surface area (Å²) in [5.74, 6) is 0.184. The first-order valence-corrected chi connectivity index (χ1v) is 16.7. The van der Waals surface area contributed by atoms with Crippen molar-refractivity contribution >= 4 is 39.4 Å². The van der Waals surface area contributed by atoms with Crippen molar-refractivity contribution in [2.75, 3.05) is 53.6 Å². The standard InChI is InChI=1S/C33H41N5O4S/c1-33(16-20-35(21-17-33)18-9-19-37-31-15-7-6-11-28(31)23-32(37)40)38(30-13-4-3-5-14-30)25-36(26-39)24-27-10-8-12-29(22-27)34-43(2,41)42/h3-8,10-15,22,26,34H,9,16-21,23-25H2,1-2H3. The highest BCUT2D eigenvalue weighted by molar-refractivity contribution is 7.92. The number of likely N-dealkylation sites (tertiary alicyclic amines) is 1. The zero-order valence-corrected chi connectivity index (χ0v) is 25.8. The number of hydrogen-bond donors (Lipinski definition) is 1. The van der Waals surface area contributed by atoms with Crippen molar-refractivity contribution in [3.63, 3.8) is 0 Å². The molecule has 2 amide bonds. The van der Waals surface area contributed by atoms with E-state index < -0.39 is 10.0 Å². The average Bonchev–Trinajstić information content (AvgIpc) is 3.30. The van der Waals surface area contributed by atoms with Gasteiger partial charge in [0.05, 0.1) is 19.3 Å². The minimum absolute atomic E-state index is 0.164. The topological polar surface area (TPSA) is 93.3 Å². The van der Waals surface area contributed by atoms with E-state index in [1.807, 2.05) is 53.4 Å². The van der Waals surface area contributed by atoms with Crippen LogP contribution in [-0.2, 0) is 32.6 Å². The monoisotopic (exact) mass is 603 g/mol. The molecule has 9 nitrogen and oxygen atoms in total. The number of piperidine rings is 1. The number of rotatable bonds is 13. The third-order valence-corrected chi connectivity index (χ3v) is 9.13. The Morgan fingerprint density at radius 2 is 1.67 bits per heavy atom. The molecular weight excluding hydrogens is 562 g/mol. The molecular formula is C33H41N5O4S. The molecule has 0 aliphatic carbocycles. The first-order valence-electron chi connectivity index (χ1n) is 14.8. The van der Waals surface area contributed by atoms with Crippen molar-refractivity contribution in [3.05, 3.63) is 90.0 Å². The molecule has 2 heterocycles. The quantitative estimate of drug-likeness (QED) is 0.231. The maximum atomic E-state index is 12.6. The van der Waals surface area contributed by atoms with E-state index in [4.69, 9.17) is 0 Å². The average molecular weight is 604 g/mol. The van der Waals surface area contributed by atoms with Gasteiger partial charge in [0.2, 0.25) is 22.3 Å². The van der Waals surface area contributed by atoms with Gasteiger partial charge in [-0.15, -0.1) is 0 Å². The van der Waals surface area contributed by atoms with E-state index >= 15 is 0 Å². The van der Waals surface area contributed by atoms with Gasteiger partial charge >= 0.3 is 0 Å². The van der Waals surface area contributed by atoms with Gasteiger partial charge in [-0.1, -0.05) is 48.5 Å². The SMILES string of the molecule is CC1(N(CN(C=O)Cc2cccc(NS(C)(=O)=O)c2)c2ccccc2)CCN(CCCN2C(=O)Cc3ccccc32)CC1. The van der Waals surface area contributed by atoms with Gasteiger partial charge in [-0.05, 0) is 74.2 Å². The molecule has 1 fully saturated rings. The summed E-state index contributed by atoms with van der Waals surface area (Å²) in [6, 6.07) is 25.4. The number of para-hydroxylation sites is 2. The van der Waals surface area contributed by atoms with Crippen LogP contribution in [0.15, 0.2) is 78.9 Å². The normalized spacial score (nSPS) is 16.5. The number of hydrogen-bond acceptors (Lipinski definition) is 6. The number of carbonyl (C=O) groups is 2. The second kappa shape index (κ2) is 13.2. The molecule has 1 N–H and O–H groups in total. The summed E-state index contributed by atoms with van der Waals surface area (Å²) >= 11 is 0. The van der Waals surface area contributed by atoms with Gasteiger partial charge in [-0.3, -0.25) is 14.3 Å². The molecule has 2 aliphatic heterocycles. The minimum Gasteiger partial charge on any atom is -0.348 e. The summed E-state index contributed by atoms with van der Waals surface area (Å²) in [4.78, 5) is 33.3. The van der Waals surface area contributed by atoms with E-state index in [1.165, 1.54) is 0 Å². The largest absolute Gasteiger partial charge is 0.348 e. The Balaban J connectivity index is 1.21. The Labute approximate surface area is 255 Å². The third kappa shape index (κ3) is 7.74. The number of sulfonamides is 1. The highest BCUT2D eigenvalue weighted by Gasteiger charge is 2.37. The van der Waals surface area contributed by atoms with Crippen LogP contribution in [0.4, 0.5) is 17.1 Å². The van der Waals surface area contributed by atoms with Gasteiger partial charge in [0.15, 0.2) is 0 Å². The Kier molecular flexibility index (Phi) is 9.37. The second-order valence-electron chi connectivity index (χ2n) is 11.9. The van der Waals surface area contributed by atoms with E-state index in [2.05, 4.69) is 33.6 Å². The Morgan fingerprint density at radius 1 is 0.953 bits per heavy atom. The molecule has 0 saturated carbocycles. The van der Waals surface area contributed by atoms with Gasteiger partial charge in [-0.25, -0.2) is 8.42 Å². The maximum Gasteiger partial charge on any atom is 0.231 e. The molecule has 10 heteroatoms. The molecule has 228 valence electrons. The second-order valence-corrected chi connectivity index (χ2v) is 13.6. The number of nitrogens with zero attached hydrogens (tertiary/aromatic N) is 4. The van der Waals surface area contributed by atoms with Gasteiger partial charge in [0.1, 0.15) is 0 Å². The lowest BCUT2D eigenvalue weighted by Crippen LogP contribution is -2.56. The van der Waals surface area contributed by atoms with Crippen LogP contribution in [0.2, 0.25) is 0 Å². The summed E-state index contributed by atoms with van der Waals surface area (Å²) in [7, 11) is -3.40. The summed E-state index contributed by atoms with van der Waals surface area (Å²) in [6.45, 7) is 6.57. The number of carbonyl (C=O) groups excluding carboxylic acids is 2. The first-order chi connectivity index (χ1) is 20.6. The van der Waals surface area contributed by atoms with E-state index in [1.54, 1.807) is 23.1 Å². The van der Waals surface area contributed by atoms with Crippen LogP contribution in [0.3, 0.4) is 0 Å². The molecule has 3 aromatic rings. The van der Waals surface area contributed by atoms with Gasteiger partial charge in [0.25, 0.3) is 0 Å². The van der Waals surface area contributed by atoms with Gasteiger partial charge < -0.3 is 19.6 Å². The summed E-state index contributed by atoms with van der Waals surface area (Å²) in [5.41, 5.74) is 4.38. The van der Waals surface area contributed by atoms with Crippen LogP contribution in [0, 0.1) is 0 Å². The number of amides is 2. The zero-order chi connectivity index (χ0) is 30.5. The third-order valence-electron chi connectivity index (χ3n) is 8.52. The van der Waals surface area contributed by atoms with Crippen molar-refractivity contribution in [1.29, 1.82) is 0 Å². The van der Waals surface area contributed by atoms with Crippen LogP contribution < -0.4 is 14.5 Å². The first kappa shape index (κ1) is 30.6. The van der Waals surface area contributed by atoms with Crippen LogP contribution in [0.1, 0.15) is 37.3 Å². The van der Waals surface area contributed by atoms with E-state index in [0.29, 0.717) is 25.3 Å². The molecule has 1 saturated heterocycles. The van der Waals surface area contributed by atoms with Crippen molar-refractivity contribution in [1.82, 2.24) is 9.80 Å². The molecule has 0 radical (unpaired) electrons. The van der Waals surface area contributed by atoms with Crippen molar-refractivity contribution in [3.8, 4) is 0 Å². The fraction of sp³-hybridized carbons (Fsp3) is 0.394. The number of nitrogens with one attached hydrogen (secondary N) is 1. The molecule has 0 aromatic heterocycles. The summed E-state index contributed by atoms with van der Waals surface area (Å²) in [5, 5.41) is 0. The minimum atomic E-state index is -3.40. The van der Waals surface area contributed by atoms with Crippen LogP contribution >= 0.6 is 0 Å².